The van der Waals surface area contributed by atoms with Crippen molar-refractivity contribution >= 4 is 15.8 Å². The molecule has 0 aliphatic carbocycles. The van der Waals surface area contributed by atoms with E-state index in [0.717, 1.165) is 6.26 Å². The van der Waals surface area contributed by atoms with E-state index in [4.69, 9.17) is 0 Å². The molecular formula is C20H18F3N3O4S. The van der Waals surface area contributed by atoms with Crippen LogP contribution in [-0.4, -0.2) is 40.5 Å². The number of benzene rings is 1. The van der Waals surface area contributed by atoms with Crippen LogP contribution in [0, 0.1) is 0 Å². The van der Waals surface area contributed by atoms with Crippen molar-refractivity contribution in [3.63, 3.8) is 0 Å². The average Bonchev–Trinajstić information content (AvgIpc) is 3.09. The fourth-order valence-electron chi connectivity index (χ4n) is 3.24. The van der Waals surface area contributed by atoms with Crippen LogP contribution in [0.15, 0.2) is 53.7 Å². The summed E-state index contributed by atoms with van der Waals surface area (Å²) in [6.07, 6.45) is -1.38. The van der Waals surface area contributed by atoms with Crippen molar-refractivity contribution in [1.29, 1.82) is 0 Å². The van der Waals surface area contributed by atoms with Crippen molar-refractivity contribution in [2.24, 2.45) is 0 Å². The van der Waals surface area contributed by atoms with Crippen LogP contribution in [0.2, 0.25) is 0 Å². The minimum atomic E-state index is -4.90. The molecule has 1 unspecified atom stereocenters. The van der Waals surface area contributed by atoms with Gasteiger partial charge in [-0.1, -0.05) is 19.1 Å². The Morgan fingerprint density at radius 2 is 1.68 bits per heavy atom. The summed E-state index contributed by atoms with van der Waals surface area (Å²) in [5, 5.41) is 13.5. The second kappa shape index (κ2) is 8.14. The Bertz CT molecular complexity index is 1200. The van der Waals surface area contributed by atoms with Gasteiger partial charge in [-0.15, -0.1) is 0 Å². The van der Waals surface area contributed by atoms with E-state index in [2.05, 4.69) is 10.1 Å². The zero-order valence-corrected chi connectivity index (χ0v) is 17.3. The SMILES string of the molecule is CCC(C(=O)O)n1nc(-c2ccc(S(C)(=O)=O)cc2)c(-c2ccncc2)c1C(F)(F)F. The normalized spacial score (nSPS) is 13.2. The van der Waals surface area contributed by atoms with E-state index in [1.54, 1.807) is 0 Å². The number of sulfone groups is 1. The summed E-state index contributed by atoms with van der Waals surface area (Å²) in [6.45, 7) is 1.45. The molecule has 3 rings (SSSR count). The lowest BCUT2D eigenvalue weighted by atomic mass is 9.99. The van der Waals surface area contributed by atoms with Crippen LogP contribution >= 0.6 is 0 Å². The number of hydrogen-bond acceptors (Lipinski definition) is 5. The van der Waals surface area contributed by atoms with Gasteiger partial charge in [0.25, 0.3) is 0 Å². The quantitative estimate of drug-likeness (QED) is 0.604. The minimum absolute atomic E-state index is 0.00541. The smallest absolute Gasteiger partial charge is 0.433 e. The topological polar surface area (TPSA) is 102 Å². The van der Waals surface area contributed by atoms with Crippen molar-refractivity contribution in [2.45, 2.75) is 30.5 Å². The summed E-state index contributed by atoms with van der Waals surface area (Å²) >= 11 is 0. The summed E-state index contributed by atoms with van der Waals surface area (Å²) in [7, 11) is -3.51. The highest BCUT2D eigenvalue weighted by atomic mass is 32.2. The third-order valence-corrected chi connectivity index (χ3v) is 5.80. The third-order valence-electron chi connectivity index (χ3n) is 4.67. The summed E-state index contributed by atoms with van der Waals surface area (Å²) < 4.78 is 66.4. The number of hydrogen-bond donors (Lipinski definition) is 1. The number of aromatic nitrogens is 3. The van der Waals surface area contributed by atoms with Crippen molar-refractivity contribution in [2.75, 3.05) is 6.26 Å². The second-order valence-electron chi connectivity index (χ2n) is 6.81. The van der Waals surface area contributed by atoms with E-state index in [1.165, 1.54) is 55.7 Å². The van der Waals surface area contributed by atoms with Crippen LogP contribution in [0.1, 0.15) is 25.1 Å². The molecule has 0 radical (unpaired) electrons. The zero-order chi connectivity index (χ0) is 23.0. The maximum atomic E-state index is 14.2. The van der Waals surface area contributed by atoms with Crippen LogP contribution in [0.25, 0.3) is 22.4 Å². The lowest BCUT2D eigenvalue weighted by Crippen LogP contribution is -2.25. The van der Waals surface area contributed by atoms with Crippen LogP contribution in [0.5, 0.6) is 0 Å². The summed E-state index contributed by atoms with van der Waals surface area (Å²) in [6, 6.07) is 6.41. The number of rotatable bonds is 6. The molecule has 0 fully saturated rings. The number of alkyl halides is 3. The molecule has 7 nitrogen and oxygen atoms in total. The lowest BCUT2D eigenvalue weighted by molar-refractivity contribution is -0.149. The highest BCUT2D eigenvalue weighted by Crippen LogP contribution is 2.44. The van der Waals surface area contributed by atoms with Crippen LogP contribution in [0.3, 0.4) is 0 Å². The molecule has 1 N–H and O–H groups in total. The van der Waals surface area contributed by atoms with E-state index in [1.807, 2.05) is 0 Å². The molecule has 0 amide bonds. The van der Waals surface area contributed by atoms with E-state index >= 15 is 0 Å². The number of aliphatic carboxylic acids is 1. The number of nitrogens with zero attached hydrogens (tertiary/aromatic N) is 3. The average molecular weight is 453 g/mol. The molecule has 0 spiro atoms. The van der Waals surface area contributed by atoms with Gasteiger partial charge >= 0.3 is 12.1 Å². The van der Waals surface area contributed by atoms with Crippen LogP contribution < -0.4 is 0 Å². The first-order chi connectivity index (χ1) is 14.4. The molecule has 11 heteroatoms. The van der Waals surface area contributed by atoms with E-state index in [9.17, 15) is 31.5 Å². The molecule has 0 aliphatic rings. The highest BCUT2D eigenvalue weighted by molar-refractivity contribution is 7.90. The molecule has 164 valence electrons. The molecule has 31 heavy (non-hydrogen) atoms. The maximum Gasteiger partial charge on any atom is 0.433 e. The molecule has 2 aromatic heterocycles. The number of carbonyl (C=O) groups is 1. The van der Waals surface area contributed by atoms with Crippen molar-refractivity contribution in [3.8, 4) is 22.4 Å². The molecule has 0 saturated heterocycles. The van der Waals surface area contributed by atoms with Gasteiger partial charge in [-0.05, 0) is 36.2 Å². The number of carboxylic acids is 1. The Morgan fingerprint density at radius 3 is 2.13 bits per heavy atom. The predicted octanol–water partition coefficient (Wildman–Crippen LogP) is 4.07. The Kier molecular flexibility index (Phi) is 5.90. The Balaban J connectivity index is 2.38. The molecule has 1 atom stereocenters. The van der Waals surface area contributed by atoms with E-state index < -0.39 is 33.7 Å². The van der Waals surface area contributed by atoms with Crippen LogP contribution in [0.4, 0.5) is 13.2 Å². The molecule has 2 heterocycles. The van der Waals surface area contributed by atoms with Gasteiger partial charge in [0, 0.05) is 29.8 Å². The molecule has 0 saturated carbocycles. The number of halogens is 3. The first-order valence-corrected chi connectivity index (χ1v) is 11.0. The van der Waals surface area contributed by atoms with E-state index in [-0.39, 0.29) is 33.7 Å². The fraction of sp³-hybridized carbons (Fsp3) is 0.250. The van der Waals surface area contributed by atoms with Gasteiger partial charge in [-0.3, -0.25) is 4.98 Å². The summed E-state index contributed by atoms with van der Waals surface area (Å²) in [4.78, 5) is 15.5. The summed E-state index contributed by atoms with van der Waals surface area (Å²) in [5.41, 5.74) is -1.25. The fourth-order valence-corrected chi connectivity index (χ4v) is 3.87. The molecule has 0 bridgehead atoms. The monoisotopic (exact) mass is 453 g/mol. The summed E-state index contributed by atoms with van der Waals surface area (Å²) in [5.74, 6) is -1.45. The Morgan fingerprint density at radius 1 is 1.10 bits per heavy atom. The van der Waals surface area contributed by atoms with Gasteiger partial charge in [0.15, 0.2) is 15.5 Å². The minimum Gasteiger partial charge on any atom is -0.480 e. The van der Waals surface area contributed by atoms with Crippen molar-refractivity contribution < 1.29 is 31.5 Å². The largest absolute Gasteiger partial charge is 0.480 e. The first kappa shape index (κ1) is 22.5. The zero-order valence-electron chi connectivity index (χ0n) is 16.5. The molecule has 3 aromatic rings. The third kappa shape index (κ3) is 4.46. The Labute approximate surface area is 176 Å². The predicted molar refractivity (Wildman–Crippen MR) is 106 cm³/mol. The number of pyridine rings is 1. The maximum absolute atomic E-state index is 14.2. The molecule has 0 aliphatic heterocycles. The van der Waals surface area contributed by atoms with Gasteiger partial charge in [0.1, 0.15) is 11.7 Å². The van der Waals surface area contributed by atoms with Crippen molar-refractivity contribution in [3.05, 3.63) is 54.5 Å². The van der Waals surface area contributed by atoms with Gasteiger partial charge in [0.2, 0.25) is 0 Å². The second-order valence-corrected chi connectivity index (χ2v) is 8.82. The highest BCUT2D eigenvalue weighted by Gasteiger charge is 2.43. The van der Waals surface area contributed by atoms with Gasteiger partial charge in [-0.25, -0.2) is 17.9 Å². The van der Waals surface area contributed by atoms with Gasteiger partial charge in [-0.2, -0.15) is 18.3 Å². The Hall–Kier alpha value is -3.21. The molecule has 1 aromatic carbocycles. The van der Waals surface area contributed by atoms with Gasteiger partial charge in [0.05, 0.1) is 4.90 Å². The first-order valence-electron chi connectivity index (χ1n) is 9.08. The number of carboxylic acid groups (broad SMARTS) is 1. The van der Waals surface area contributed by atoms with Crippen molar-refractivity contribution in [1.82, 2.24) is 14.8 Å². The molecular weight excluding hydrogens is 435 g/mol. The van der Waals surface area contributed by atoms with Crippen LogP contribution in [-0.2, 0) is 20.8 Å². The van der Waals surface area contributed by atoms with Gasteiger partial charge < -0.3 is 5.11 Å². The van der Waals surface area contributed by atoms with E-state index in [0.29, 0.717) is 4.68 Å². The standard InChI is InChI=1S/C20H18F3N3O4S/c1-3-15(19(27)28)26-18(20(21,22)23)16(12-8-10-24-11-9-12)17(25-26)13-4-6-14(7-5-13)31(2,29)30/h4-11,15H,3H2,1-2H3,(H,27,28). The lowest BCUT2D eigenvalue weighted by Gasteiger charge is -2.17.